The molecule has 0 spiro atoms. The van der Waals surface area contributed by atoms with Crippen LogP contribution in [-0.2, 0) is 4.74 Å². The lowest BCUT2D eigenvalue weighted by molar-refractivity contribution is 0.159. The lowest BCUT2D eigenvalue weighted by Gasteiger charge is -2.21. The molecule has 2 saturated heterocycles. The van der Waals surface area contributed by atoms with Gasteiger partial charge in [0.15, 0.2) is 11.6 Å². The summed E-state index contributed by atoms with van der Waals surface area (Å²) in [4.78, 5) is 17.9. The normalized spacial score (nSPS) is 20.9. The van der Waals surface area contributed by atoms with Gasteiger partial charge in [0.2, 0.25) is 0 Å². The van der Waals surface area contributed by atoms with Crippen LogP contribution in [-0.4, -0.2) is 78.6 Å². The summed E-state index contributed by atoms with van der Waals surface area (Å²) in [7, 11) is 3.74. The molecule has 5 rings (SSSR count). The number of nitrogens with one attached hydrogen (secondary N) is 2. The van der Waals surface area contributed by atoms with Crippen molar-refractivity contribution in [3.8, 4) is 5.69 Å². The van der Waals surface area contributed by atoms with Gasteiger partial charge < -0.3 is 10.1 Å². The van der Waals surface area contributed by atoms with E-state index in [-0.39, 0.29) is 48.8 Å². The van der Waals surface area contributed by atoms with Gasteiger partial charge in [-0.15, -0.1) is 24.8 Å². The number of urea groups is 1. The minimum absolute atomic E-state index is 0. The Labute approximate surface area is 252 Å². The Hall–Kier alpha value is -2.76. The third kappa shape index (κ3) is 7.18. The highest BCUT2D eigenvalue weighted by Gasteiger charge is 2.36. The molecule has 41 heavy (non-hydrogen) atoms. The van der Waals surface area contributed by atoms with E-state index in [0.717, 1.165) is 42.4 Å². The van der Waals surface area contributed by atoms with Gasteiger partial charge in [0, 0.05) is 38.2 Å². The molecule has 2 amide bonds. The van der Waals surface area contributed by atoms with Gasteiger partial charge in [0.25, 0.3) is 0 Å². The number of ether oxygens (including phenoxy) is 1. The second-order valence-corrected chi connectivity index (χ2v) is 10.5. The SMILES string of the molecule is COCCN1C[C@@H](NC(=O)Nc2c(C)c(C3CCCN3C)nn2-c2ccccc2)[C@H](c2ccc(F)c(F)c2)C1.Cl.Cl. The second-order valence-electron chi connectivity index (χ2n) is 10.5. The van der Waals surface area contributed by atoms with Crippen molar-refractivity contribution in [1.29, 1.82) is 0 Å². The van der Waals surface area contributed by atoms with E-state index in [0.29, 0.717) is 37.6 Å². The van der Waals surface area contributed by atoms with Crippen molar-refractivity contribution in [3.63, 3.8) is 0 Å². The van der Waals surface area contributed by atoms with Crippen molar-refractivity contribution >= 4 is 36.7 Å². The van der Waals surface area contributed by atoms with Crippen LogP contribution in [0, 0.1) is 18.6 Å². The maximum Gasteiger partial charge on any atom is 0.320 e. The van der Waals surface area contributed by atoms with E-state index in [9.17, 15) is 13.6 Å². The van der Waals surface area contributed by atoms with Crippen LogP contribution in [0.5, 0.6) is 0 Å². The summed E-state index contributed by atoms with van der Waals surface area (Å²) in [6.45, 7) is 5.38. The van der Waals surface area contributed by atoms with Crippen LogP contribution in [0.15, 0.2) is 48.5 Å². The maximum absolute atomic E-state index is 14.1. The van der Waals surface area contributed by atoms with Crippen LogP contribution < -0.4 is 10.6 Å². The molecule has 0 aliphatic carbocycles. The van der Waals surface area contributed by atoms with Gasteiger partial charge in [-0.05, 0) is 63.2 Å². The lowest BCUT2D eigenvalue weighted by atomic mass is 9.94. The van der Waals surface area contributed by atoms with Crippen LogP contribution in [0.4, 0.5) is 19.4 Å². The molecule has 12 heteroatoms. The zero-order valence-corrected chi connectivity index (χ0v) is 25.1. The summed E-state index contributed by atoms with van der Waals surface area (Å²) >= 11 is 0. The summed E-state index contributed by atoms with van der Waals surface area (Å²) in [5.74, 6) is -1.36. The van der Waals surface area contributed by atoms with Gasteiger partial charge in [-0.1, -0.05) is 24.3 Å². The first-order valence-corrected chi connectivity index (χ1v) is 13.4. The number of carbonyl (C=O) groups excluding carboxylic acids is 1. The second kappa shape index (κ2) is 14.4. The molecule has 3 heterocycles. The van der Waals surface area contributed by atoms with E-state index in [1.807, 2.05) is 37.3 Å². The number of aromatic nitrogens is 2. The molecule has 8 nitrogen and oxygen atoms in total. The Morgan fingerprint density at radius 1 is 1.10 bits per heavy atom. The van der Waals surface area contributed by atoms with Gasteiger partial charge in [0.05, 0.1) is 30.1 Å². The van der Waals surface area contributed by atoms with E-state index >= 15 is 0 Å². The number of benzene rings is 2. The molecular formula is C29H38Cl2F2N6O2. The van der Waals surface area contributed by atoms with Gasteiger partial charge >= 0.3 is 6.03 Å². The monoisotopic (exact) mass is 610 g/mol. The van der Waals surface area contributed by atoms with E-state index in [2.05, 4.69) is 27.5 Å². The average Bonchev–Trinajstić information content (AvgIpc) is 3.62. The standard InChI is InChI=1S/C29H36F2N6O2.2ClH/c1-19-27(26-10-7-13-35(26)2)34-37(21-8-5-4-6-9-21)28(19)33-29(38)32-25-18-36(14-15-39-3)17-22(25)20-11-12-23(30)24(31)16-20;;/h4-6,8-9,11-12,16,22,25-26H,7,10,13-15,17-18H2,1-3H3,(H2,32,33,38);2*1H/t22-,25+,26?;;/m0../s1. The zero-order valence-electron chi connectivity index (χ0n) is 23.5. The number of halogens is 4. The molecule has 1 aromatic heterocycles. The summed E-state index contributed by atoms with van der Waals surface area (Å²) in [5.41, 5.74) is 3.39. The molecule has 2 aliphatic heterocycles. The fraction of sp³-hybridized carbons (Fsp3) is 0.448. The topological polar surface area (TPSA) is 74.7 Å². The molecule has 3 aromatic rings. The highest BCUT2D eigenvalue weighted by Crippen LogP contribution is 2.35. The van der Waals surface area contributed by atoms with Crippen molar-refractivity contribution < 1.29 is 18.3 Å². The van der Waals surface area contributed by atoms with Crippen molar-refractivity contribution in [2.45, 2.75) is 37.8 Å². The molecule has 2 N–H and O–H groups in total. The first kappa shape index (κ1) is 32.8. The molecule has 0 saturated carbocycles. The van der Waals surface area contributed by atoms with Crippen molar-refractivity contribution in [1.82, 2.24) is 24.9 Å². The number of carbonyl (C=O) groups is 1. The smallest absolute Gasteiger partial charge is 0.320 e. The number of hydrogen-bond acceptors (Lipinski definition) is 5. The number of hydrogen-bond donors (Lipinski definition) is 2. The number of para-hydroxylation sites is 1. The van der Waals surface area contributed by atoms with E-state index in [1.165, 1.54) is 6.07 Å². The Morgan fingerprint density at radius 3 is 2.51 bits per heavy atom. The molecule has 2 fully saturated rings. The number of likely N-dealkylation sites (tertiary alicyclic amines) is 2. The quantitative estimate of drug-likeness (QED) is 0.362. The number of rotatable bonds is 8. The average molecular weight is 612 g/mol. The van der Waals surface area contributed by atoms with Gasteiger partial charge in [-0.3, -0.25) is 15.1 Å². The van der Waals surface area contributed by atoms with Crippen LogP contribution in [0.1, 0.15) is 41.6 Å². The Morgan fingerprint density at radius 2 is 1.85 bits per heavy atom. The van der Waals surface area contributed by atoms with E-state index in [1.54, 1.807) is 17.9 Å². The highest BCUT2D eigenvalue weighted by atomic mass is 35.5. The van der Waals surface area contributed by atoms with Crippen LogP contribution in [0.3, 0.4) is 0 Å². The first-order valence-electron chi connectivity index (χ1n) is 13.4. The molecule has 0 radical (unpaired) electrons. The first-order chi connectivity index (χ1) is 18.9. The number of anilines is 1. The van der Waals surface area contributed by atoms with Crippen LogP contribution in [0.25, 0.3) is 5.69 Å². The predicted octanol–water partition coefficient (Wildman–Crippen LogP) is 5.31. The Bertz CT molecular complexity index is 1310. The minimum Gasteiger partial charge on any atom is -0.383 e. The van der Waals surface area contributed by atoms with Crippen molar-refractivity contribution in [3.05, 3.63) is 77.0 Å². The van der Waals surface area contributed by atoms with Gasteiger partial charge in [-0.25, -0.2) is 18.3 Å². The maximum atomic E-state index is 14.1. The number of nitrogens with zero attached hydrogens (tertiary/aromatic N) is 4. The fourth-order valence-corrected chi connectivity index (χ4v) is 5.82. The van der Waals surface area contributed by atoms with Crippen molar-refractivity contribution in [2.75, 3.05) is 52.3 Å². The molecule has 2 aliphatic rings. The molecule has 1 unspecified atom stereocenters. The Balaban J connectivity index is 0.00000231. The zero-order chi connectivity index (χ0) is 27.5. The van der Waals surface area contributed by atoms with Crippen molar-refractivity contribution in [2.24, 2.45) is 0 Å². The van der Waals surface area contributed by atoms with Gasteiger partial charge in [0.1, 0.15) is 5.82 Å². The molecule has 0 bridgehead atoms. The van der Waals surface area contributed by atoms with Crippen LogP contribution >= 0.6 is 24.8 Å². The summed E-state index contributed by atoms with van der Waals surface area (Å²) in [6, 6.07) is 13.2. The molecule has 224 valence electrons. The third-order valence-corrected chi connectivity index (χ3v) is 7.92. The highest BCUT2D eigenvalue weighted by molar-refractivity contribution is 5.90. The number of methoxy groups -OCH3 is 1. The fourth-order valence-electron chi connectivity index (χ4n) is 5.82. The summed E-state index contributed by atoms with van der Waals surface area (Å²) in [6.07, 6.45) is 2.12. The molecular weight excluding hydrogens is 573 g/mol. The summed E-state index contributed by atoms with van der Waals surface area (Å²) < 4.78 is 34.8. The molecule has 3 atom stereocenters. The third-order valence-electron chi connectivity index (χ3n) is 7.92. The van der Waals surface area contributed by atoms with E-state index in [4.69, 9.17) is 9.84 Å². The number of amides is 2. The lowest BCUT2D eigenvalue weighted by Crippen LogP contribution is -2.42. The van der Waals surface area contributed by atoms with Crippen LogP contribution in [0.2, 0.25) is 0 Å². The largest absolute Gasteiger partial charge is 0.383 e. The molecule has 2 aromatic carbocycles. The summed E-state index contributed by atoms with van der Waals surface area (Å²) in [5, 5.41) is 11.1. The predicted molar refractivity (Wildman–Crippen MR) is 161 cm³/mol. The van der Waals surface area contributed by atoms with Gasteiger partial charge in [-0.2, -0.15) is 5.10 Å². The minimum atomic E-state index is -0.891. The van der Waals surface area contributed by atoms with E-state index < -0.39 is 11.6 Å². The Kier molecular flexibility index (Phi) is 11.5.